The summed E-state index contributed by atoms with van der Waals surface area (Å²) in [6.07, 6.45) is 5.18. The molecule has 9 nitrogen and oxygen atoms in total. The standard InChI is InChI=1S/C30H36N6O3/c1-4-39-30(38)27-19(2)33-25(22(27)8-6-12-36-15-13-35(3)14-16-36)17-23-28-21(20-10-11-26(31)32-18-20)7-5-9-24(28)34-29(23)37/h5,7,9-11,17-18,33H,4,6,8,12-16H2,1-3H3,(H2,31,32)(H,34,37). The van der Waals surface area contributed by atoms with Gasteiger partial charge in [0.1, 0.15) is 5.82 Å². The van der Waals surface area contributed by atoms with Crippen molar-refractivity contribution in [2.75, 3.05) is 57.4 Å². The quantitative estimate of drug-likeness (QED) is 0.301. The van der Waals surface area contributed by atoms with E-state index in [4.69, 9.17) is 10.5 Å². The number of nitrogens with zero attached hydrogens (tertiary/aromatic N) is 3. The maximum Gasteiger partial charge on any atom is 0.340 e. The van der Waals surface area contributed by atoms with Crippen LogP contribution in [0.25, 0.3) is 22.8 Å². The number of carbonyl (C=O) groups excluding carboxylic acids is 2. The average Bonchev–Trinajstić information content (AvgIpc) is 3.41. The number of fused-ring (bicyclic) bond motifs is 1. The van der Waals surface area contributed by atoms with Gasteiger partial charge >= 0.3 is 5.97 Å². The van der Waals surface area contributed by atoms with E-state index in [-0.39, 0.29) is 11.9 Å². The van der Waals surface area contributed by atoms with Gasteiger partial charge in [-0.05, 0) is 75.7 Å². The Hall–Kier alpha value is -3.95. The molecular formula is C30H36N6O3. The van der Waals surface area contributed by atoms with Crippen LogP contribution in [-0.4, -0.2) is 78.0 Å². The number of rotatable bonds is 8. The number of amides is 1. The van der Waals surface area contributed by atoms with Gasteiger partial charge in [0.15, 0.2) is 0 Å². The van der Waals surface area contributed by atoms with Crippen molar-refractivity contribution in [2.45, 2.75) is 26.7 Å². The molecule has 1 fully saturated rings. The number of aromatic amines is 1. The van der Waals surface area contributed by atoms with Crippen LogP contribution in [-0.2, 0) is 16.0 Å². The van der Waals surface area contributed by atoms with Gasteiger partial charge in [-0.25, -0.2) is 9.78 Å². The third-order valence-corrected chi connectivity index (χ3v) is 7.51. The van der Waals surface area contributed by atoms with Crippen LogP contribution in [0, 0.1) is 6.92 Å². The number of likely N-dealkylation sites (N-methyl/N-ethyl adjacent to an activating group) is 1. The van der Waals surface area contributed by atoms with Crippen molar-refractivity contribution in [1.29, 1.82) is 0 Å². The number of nitrogens with one attached hydrogen (secondary N) is 2. The lowest BCUT2D eigenvalue weighted by Gasteiger charge is -2.32. The normalized spacial score (nSPS) is 16.9. The Kier molecular flexibility index (Phi) is 7.81. The van der Waals surface area contributed by atoms with Gasteiger partial charge < -0.3 is 30.6 Å². The number of aryl methyl sites for hydroxylation is 1. The molecule has 0 radical (unpaired) electrons. The van der Waals surface area contributed by atoms with Crippen molar-refractivity contribution in [3.05, 3.63) is 64.6 Å². The molecular weight excluding hydrogens is 492 g/mol. The third-order valence-electron chi connectivity index (χ3n) is 7.51. The number of nitrogen functional groups attached to an aromatic ring is 1. The highest BCUT2D eigenvalue weighted by atomic mass is 16.5. The van der Waals surface area contributed by atoms with E-state index in [2.05, 4.69) is 32.1 Å². The molecule has 0 saturated carbocycles. The number of aromatic nitrogens is 2. The van der Waals surface area contributed by atoms with Crippen LogP contribution in [0.4, 0.5) is 11.5 Å². The SMILES string of the molecule is CCOC(=O)c1c(C)[nH]c(C=C2C(=O)Nc3cccc(-c4ccc(N)nc4)c32)c1CCCN1CCN(C)CC1. The number of nitrogens with two attached hydrogens (primary N) is 1. The fourth-order valence-electron chi connectivity index (χ4n) is 5.45. The smallest absolute Gasteiger partial charge is 0.340 e. The van der Waals surface area contributed by atoms with Crippen molar-refractivity contribution >= 4 is 35.0 Å². The summed E-state index contributed by atoms with van der Waals surface area (Å²) in [5.74, 6) is -0.0875. The second-order valence-electron chi connectivity index (χ2n) is 10.2. The zero-order valence-corrected chi connectivity index (χ0v) is 22.8. The number of pyridine rings is 1. The highest BCUT2D eigenvalue weighted by molar-refractivity contribution is 6.36. The monoisotopic (exact) mass is 528 g/mol. The van der Waals surface area contributed by atoms with Crippen LogP contribution in [0.15, 0.2) is 36.5 Å². The summed E-state index contributed by atoms with van der Waals surface area (Å²) < 4.78 is 5.41. The fourth-order valence-corrected chi connectivity index (χ4v) is 5.45. The van der Waals surface area contributed by atoms with Gasteiger partial charge in [-0.3, -0.25) is 4.79 Å². The summed E-state index contributed by atoms with van der Waals surface area (Å²) in [4.78, 5) is 38.7. The molecule has 1 amide bonds. The number of carbonyl (C=O) groups is 2. The highest BCUT2D eigenvalue weighted by Crippen LogP contribution is 2.41. The number of H-pyrrole nitrogens is 1. The molecule has 3 aromatic rings. The summed E-state index contributed by atoms with van der Waals surface area (Å²) in [6.45, 7) is 9.16. The molecule has 2 aromatic heterocycles. The topological polar surface area (TPSA) is 117 Å². The van der Waals surface area contributed by atoms with Crippen molar-refractivity contribution in [2.24, 2.45) is 0 Å². The fraction of sp³-hybridized carbons (Fsp3) is 0.367. The molecule has 0 unspecified atom stereocenters. The molecule has 2 aliphatic rings. The van der Waals surface area contributed by atoms with E-state index in [1.54, 1.807) is 12.3 Å². The lowest BCUT2D eigenvalue weighted by atomic mass is 9.94. The Balaban J connectivity index is 1.51. The molecule has 4 heterocycles. The van der Waals surface area contributed by atoms with Gasteiger partial charge in [0.25, 0.3) is 5.91 Å². The van der Waals surface area contributed by atoms with Crippen molar-refractivity contribution in [3.63, 3.8) is 0 Å². The summed E-state index contributed by atoms with van der Waals surface area (Å²) >= 11 is 0. The molecule has 9 heteroatoms. The molecule has 0 bridgehead atoms. The molecule has 39 heavy (non-hydrogen) atoms. The van der Waals surface area contributed by atoms with Crippen molar-refractivity contribution < 1.29 is 14.3 Å². The molecule has 2 aliphatic heterocycles. The molecule has 0 aliphatic carbocycles. The third kappa shape index (κ3) is 5.60. The van der Waals surface area contributed by atoms with Gasteiger partial charge in [-0.15, -0.1) is 0 Å². The molecule has 1 saturated heterocycles. The van der Waals surface area contributed by atoms with Crippen LogP contribution in [0.3, 0.4) is 0 Å². The second-order valence-corrected chi connectivity index (χ2v) is 10.2. The minimum Gasteiger partial charge on any atom is -0.462 e. The molecule has 5 rings (SSSR count). The Morgan fingerprint density at radius 2 is 1.97 bits per heavy atom. The molecule has 0 atom stereocenters. The van der Waals surface area contributed by atoms with Crippen LogP contribution in [0.1, 0.15) is 46.2 Å². The Labute approximate surface area is 229 Å². The van der Waals surface area contributed by atoms with E-state index in [1.807, 2.05) is 44.2 Å². The Morgan fingerprint density at radius 3 is 2.69 bits per heavy atom. The van der Waals surface area contributed by atoms with Crippen LogP contribution in [0.5, 0.6) is 0 Å². The first-order valence-electron chi connectivity index (χ1n) is 13.5. The largest absolute Gasteiger partial charge is 0.462 e. The molecule has 4 N–H and O–H groups in total. The van der Waals surface area contributed by atoms with E-state index in [0.717, 1.165) is 78.5 Å². The number of piperazine rings is 1. The maximum absolute atomic E-state index is 13.2. The maximum atomic E-state index is 13.2. The first-order chi connectivity index (χ1) is 18.9. The lowest BCUT2D eigenvalue weighted by Crippen LogP contribution is -2.44. The number of benzene rings is 1. The number of esters is 1. The number of anilines is 2. The van der Waals surface area contributed by atoms with Gasteiger partial charge in [-0.2, -0.15) is 0 Å². The van der Waals surface area contributed by atoms with Crippen LogP contribution >= 0.6 is 0 Å². The first-order valence-corrected chi connectivity index (χ1v) is 13.5. The van der Waals surface area contributed by atoms with Crippen molar-refractivity contribution in [3.8, 4) is 11.1 Å². The summed E-state index contributed by atoms with van der Waals surface area (Å²) in [7, 11) is 2.15. The minimum atomic E-state index is -0.338. The van der Waals surface area contributed by atoms with Crippen molar-refractivity contribution in [1.82, 2.24) is 19.8 Å². The zero-order chi connectivity index (χ0) is 27.5. The van der Waals surface area contributed by atoms with E-state index in [1.165, 1.54) is 0 Å². The Morgan fingerprint density at radius 1 is 1.18 bits per heavy atom. The molecule has 1 aromatic carbocycles. The van der Waals surface area contributed by atoms with Crippen LogP contribution in [0.2, 0.25) is 0 Å². The van der Waals surface area contributed by atoms with Crippen LogP contribution < -0.4 is 11.1 Å². The highest BCUT2D eigenvalue weighted by Gasteiger charge is 2.29. The van der Waals surface area contributed by atoms with E-state index < -0.39 is 0 Å². The number of ether oxygens (including phenoxy) is 1. The van der Waals surface area contributed by atoms with E-state index in [0.29, 0.717) is 30.0 Å². The number of hydrogen-bond donors (Lipinski definition) is 3. The summed E-state index contributed by atoms with van der Waals surface area (Å²) in [5, 5.41) is 2.99. The zero-order valence-electron chi connectivity index (χ0n) is 22.8. The molecule has 0 spiro atoms. The lowest BCUT2D eigenvalue weighted by molar-refractivity contribution is -0.110. The van der Waals surface area contributed by atoms with Gasteiger partial charge in [0.05, 0.1) is 17.7 Å². The molecule has 204 valence electrons. The summed E-state index contributed by atoms with van der Waals surface area (Å²) in [5.41, 5.74) is 12.6. The van der Waals surface area contributed by atoms with Gasteiger partial charge in [0.2, 0.25) is 0 Å². The second kappa shape index (κ2) is 11.4. The average molecular weight is 529 g/mol. The first kappa shape index (κ1) is 26.6. The van der Waals surface area contributed by atoms with Gasteiger partial charge in [0, 0.05) is 60.6 Å². The van der Waals surface area contributed by atoms with E-state index >= 15 is 0 Å². The predicted molar refractivity (Wildman–Crippen MR) is 154 cm³/mol. The summed E-state index contributed by atoms with van der Waals surface area (Å²) in [6, 6.07) is 9.43. The minimum absolute atomic E-state index is 0.186. The van der Waals surface area contributed by atoms with E-state index in [9.17, 15) is 9.59 Å². The van der Waals surface area contributed by atoms with Gasteiger partial charge in [-0.1, -0.05) is 12.1 Å². The predicted octanol–water partition coefficient (Wildman–Crippen LogP) is 3.82. The Bertz CT molecular complexity index is 1400. The number of hydrogen-bond acceptors (Lipinski definition) is 7.